The van der Waals surface area contributed by atoms with Crippen molar-refractivity contribution in [1.29, 1.82) is 0 Å². The molecule has 21 heavy (non-hydrogen) atoms. The largest absolute Gasteiger partial charge is 0.481 e. The molecule has 0 aliphatic heterocycles. The van der Waals surface area contributed by atoms with Crippen LogP contribution in [0.2, 0.25) is 0 Å². The average Bonchev–Trinajstić information content (AvgIpc) is 2.46. The molecular weight excluding hydrogens is 280 g/mol. The Balaban J connectivity index is 3.93. The lowest BCUT2D eigenvalue weighted by molar-refractivity contribution is -0.136. The minimum Gasteiger partial charge on any atom is -0.481 e. The first-order valence-electron chi connectivity index (χ1n) is 8.68. The molecule has 0 aromatic carbocycles. The molecule has 0 spiro atoms. The van der Waals surface area contributed by atoms with Crippen molar-refractivity contribution in [3.8, 4) is 0 Å². The van der Waals surface area contributed by atoms with Gasteiger partial charge in [-0.05, 0) is 25.7 Å². The standard InChI is InChI=1S/C18H34O2S/c1-3-5-7-9-11-17(12-10-8-6-4-2)13-15-21-16-14-18(19)20/h13H,3-12,14-16H2,1-2H3,(H,19,20). The van der Waals surface area contributed by atoms with Gasteiger partial charge in [-0.1, -0.05) is 64.0 Å². The van der Waals surface area contributed by atoms with Crippen molar-refractivity contribution < 1.29 is 9.90 Å². The number of carbonyl (C=O) groups is 1. The molecule has 3 heteroatoms. The highest BCUT2D eigenvalue weighted by Crippen LogP contribution is 2.18. The van der Waals surface area contributed by atoms with Crippen LogP contribution in [0.25, 0.3) is 0 Å². The first-order chi connectivity index (χ1) is 10.2. The van der Waals surface area contributed by atoms with Gasteiger partial charge in [-0.3, -0.25) is 4.79 Å². The average molecular weight is 315 g/mol. The predicted molar refractivity (Wildman–Crippen MR) is 95.2 cm³/mol. The lowest BCUT2D eigenvalue weighted by Gasteiger charge is -2.08. The SMILES string of the molecule is CCCCCCC(=CCSCCC(=O)O)CCCCCC. The van der Waals surface area contributed by atoms with Gasteiger partial charge in [0.05, 0.1) is 6.42 Å². The van der Waals surface area contributed by atoms with Crippen molar-refractivity contribution in [3.05, 3.63) is 11.6 Å². The Morgan fingerprint density at radius 3 is 1.95 bits per heavy atom. The maximum absolute atomic E-state index is 10.5. The summed E-state index contributed by atoms with van der Waals surface area (Å²) >= 11 is 1.74. The van der Waals surface area contributed by atoms with Crippen LogP contribution in [-0.4, -0.2) is 22.6 Å². The maximum atomic E-state index is 10.5. The minimum absolute atomic E-state index is 0.279. The molecule has 2 nitrogen and oxygen atoms in total. The third-order valence-electron chi connectivity index (χ3n) is 3.65. The number of hydrogen-bond donors (Lipinski definition) is 1. The third kappa shape index (κ3) is 15.8. The van der Waals surface area contributed by atoms with E-state index in [1.165, 1.54) is 64.2 Å². The van der Waals surface area contributed by atoms with Gasteiger partial charge in [0.2, 0.25) is 0 Å². The van der Waals surface area contributed by atoms with Gasteiger partial charge >= 0.3 is 5.97 Å². The van der Waals surface area contributed by atoms with E-state index in [0.29, 0.717) is 0 Å². The predicted octanol–water partition coefficient (Wildman–Crippen LogP) is 6.06. The van der Waals surface area contributed by atoms with Crippen molar-refractivity contribution in [2.24, 2.45) is 0 Å². The number of hydrogen-bond acceptors (Lipinski definition) is 2. The van der Waals surface area contributed by atoms with Gasteiger partial charge < -0.3 is 5.11 Å². The van der Waals surface area contributed by atoms with Gasteiger partial charge in [0, 0.05) is 11.5 Å². The Kier molecular flexibility index (Phi) is 15.6. The molecule has 0 aliphatic carbocycles. The van der Waals surface area contributed by atoms with Gasteiger partial charge in [-0.15, -0.1) is 0 Å². The molecule has 0 saturated carbocycles. The number of unbranched alkanes of at least 4 members (excludes halogenated alkanes) is 6. The van der Waals surface area contributed by atoms with E-state index in [1.54, 1.807) is 17.3 Å². The number of allylic oxidation sites excluding steroid dienone is 1. The highest BCUT2D eigenvalue weighted by molar-refractivity contribution is 7.99. The lowest BCUT2D eigenvalue weighted by Crippen LogP contribution is -1.96. The van der Waals surface area contributed by atoms with Gasteiger partial charge in [-0.25, -0.2) is 0 Å². The smallest absolute Gasteiger partial charge is 0.304 e. The molecule has 0 unspecified atom stereocenters. The molecule has 0 aromatic heterocycles. The molecule has 0 saturated heterocycles. The zero-order valence-electron chi connectivity index (χ0n) is 14.0. The molecule has 0 rings (SSSR count). The number of rotatable bonds is 15. The molecule has 0 aliphatic rings. The topological polar surface area (TPSA) is 37.3 Å². The normalized spacial score (nSPS) is 10.6. The summed E-state index contributed by atoms with van der Waals surface area (Å²) in [6, 6.07) is 0. The summed E-state index contributed by atoms with van der Waals surface area (Å²) in [6.45, 7) is 4.50. The summed E-state index contributed by atoms with van der Waals surface area (Å²) in [5.41, 5.74) is 1.60. The van der Waals surface area contributed by atoms with E-state index in [4.69, 9.17) is 5.11 Å². The lowest BCUT2D eigenvalue weighted by atomic mass is 10.0. The van der Waals surface area contributed by atoms with Crippen LogP contribution in [0.5, 0.6) is 0 Å². The molecule has 0 amide bonds. The fourth-order valence-corrected chi connectivity index (χ4v) is 3.15. The van der Waals surface area contributed by atoms with E-state index in [-0.39, 0.29) is 6.42 Å². The van der Waals surface area contributed by atoms with E-state index in [1.807, 2.05) is 0 Å². The molecule has 0 heterocycles. The Morgan fingerprint density at radius 2 is 1.48 bits per heavy atom. The fourth-order valence-electron chi connectivity index (χ4n) is 2.31. The number of carboxylic acids is 1. The van der Waals surface area contributed by atoms with E-state index >= 15 is 0 Å². The zero-order valence-corrected chi connectivity index (χ0v) is 14.8. The Labute approximate surface area is 135 Å². The quantitative estimate of drug-likeness (QED) is 0.295. The van der Waals surface area contributed by atoms with Crippen molar-refractivity contribution in [2.75, 3.05) is 11.5 Å². The summed E-state index contributed by atoms with van der Waals surface area (Å²) in [5, 5.41) is 8.63. The van der Waals surface area contributed by atoms with E-state index < -0.39 is 5.97 Å². The van der Waals surface area contributed by atoms with Gasteiger partial charge in [-0.2, -0.15) is 11.8 Å². The van der Waals surface area contributed by atoms with Crippen LogP contribution in [0.15, 0.2) is 11.6 Å². The van der Waals surface area contributed by atoms with Crippen LogP contribution < -0.4 is 0 Å². The molecule has 1 N–H and O–H groups in total. The van der Waals surface area contributed by atoms with E-state index in [9.17, 15) is 4.79 Å². The third-order valence-corrected chi connectivity index (χ3v) is 4.55. The van der Waals surface area contributed by atoms with E-state index in [0.717, 1.165) is 11.5 Å². The van der Waals surface area contributed by atoms with Crippen LogP contribution in [0.4, 0.5) is 0 Å². The second kappa shape index (κ2) is 15.9. The second-order valence-electron chi connectivity index (χ2n) is 5.70. The number of carboxylic acid groups (broad SMARTS) is 1. The maximum Gasteiger partial charge on any atom is 0.304 e. The van der Waals surface area contributed by atoms with Crippen LogP contribution in [0.1, 0.15) is 84.5 Å². The minimum atomic E-state index is -0.689. The van der Waals surface area contributed by atoms with E-state index in [2.05, 4.69) is 19.9 Å². The zero-order chi connectivity index (χ0) is 15.8. The van der Waals surface area contributed by atoms with Crippen LogP contribution >= 0.6 is 11.8 Å². The Bertz CT molecular complexity index is 260. The van der Waals surface area contributed by atoms with Gasteiger partial charge in [0.15, 0.2) is 0 Å². The summed E-state index contributed by atoms with van der Waals surface area (Å²) in [4.78, 5) is 10.5. The molecule has 0 radical (unpaired) electrons. The number of thioether (sulfide) groups is 1. The van der Waals surface area contributed by atoms with Gasteiger partial charge in [0.25, 0.3) is 0 Å². The second-order valence-corrected chi connectivity index (χ2v) is 6.85. The van der Waals surface area contributed by atoms with Crippen LogP contribution in [0.3, 0.4) is 0 Å². The molecular formula is C18H34O2S. The molecule has 0 atom stereocenters. The number of aliphatic carboxylic acids is 1. The summed E-state index contributed by atoms with van der Waals surface area (Å²) < 4.78 is 0. The fraction of sp³-hybridized carbons (Fsp3) is 0.833. The Hall–Kier alpha value is -0.440. The molecule has 0 aromatic rings. The molecule has 124 valence electrons. The summed E-state index contributed by atoms with van der Waals surface area (Å²) in [6.07, 6.45) is 15.7. The first-order valence-corrected chi connectivity index (χ1v) is 9.83. The highest BCUT2D eigenvalue weighted by Gasteiger charge is 2.00. The molecule has 0 bridgehead atoms. The molecule has 0 fully saturated rings. The summed E-state index contributed by atoms with van der Waals surface area (Å²) in [7, 11) is 0. The first kappa shape index (κ1) is 20.6. The summed E-state index contributed by atoms with van der Waals surface area (Å²) in [5.74, 6) is 1.01. The van der Waals surface area contributed by atoms with Crippen LogP contribution in [0, 0.1) is 0 Å². The van der Waals surface area contributed by atoms with Crippen molar-refractivity contribution in [3.63, 3.8) is 0 Å². The van der Waals surface area contributed by atoms with Crippen molar-refractivity contribution in [2.45, 2.75) is 84.5 Å². The Morgan fingerprint density at radius 1 is 0.905 bits per heavy atom. The highest BCUT2D eigenvalue weighted by atomic mass is 32.2. The van der Waals surface area contributed by atoms with Crippen LogP contribution in [-0.2, 0) is 4.79 Å². The van der Waals surface area contributed by atoms with Crippen molar-refractivity contribution >= 4 is 17.7 Å². The van der Waals surface area contributed by atoms with Crippen molar-refractivity contribution in [1.82, 2.24) is 0 Å². The van der Waals surface area contributed by atoms with Gasteiger partial charge in [0.1, 0.15) is 0 Å². The monoisotopic (exact) mass is 314 g/mol.